The number of hydrogen-bond donors (Lipinski definition) is 0. The topological polar surface area (TPSA) is 26.9 Å². The highest BCUT2D eigenvalue weighted by Gasteiger charge is 2.10. The zero-order valence-electron chi connectivity index (χ0n) is 11.1. The van der Waals surface area contributed by atoms with Gasteiger partial charge < -0.3 is 0 Å². The van der Waals surface area contributed by atoms with Gasteiger partial charge in [0.2, 0.25) is 0 Å². The average Bonchev–Trinajstić information content (AvgIpc) is 2.72. The molecule has 0 radical (unpaired) electrons. The minimum absolute atomic E-state index is 0.0300. The lowest BCUT2D eigenvalue weighted by atomic mass is 10.1. The Kier molecular flexibility index (Phi) is 2.75. The zero-order chi connectivity index (χ0) is 13.4. The third kappa shape index (κ3) is 1.78. The summed E-state index contributed by atoms with van der Waals surface area (Å²) >= 11 is 0. The zero-order valence-corrected chi connectivity index (χ0v) is 11.1. The first-order chi connectivity index (χ1) is 9.22. The van der Waals surface area contributed by atoms with Crippen molar-refractivity contribution in [1.29, 1.82) is 0 Å². The van der Waals surface area contributed by atoms with Crippen LogP contribution in [0.2, 0.25) is 0 Å². The first-order valence-corrected chi connectivity index (χ1v) is 6.48. The summed E-state index contributed by atoms with van der Waals surface area (Å²) in [6.07, 6.45) is 1.00. The minimum atomic E-state index is 0.0300. The van der Waals surface area contributed by atoms with Gasteiger partial charge in [-0.3, -0.25) is 9.48 Å². The second kappa shape index (κ2) is 4.43. The van der Waals surface area contributed by atoms with E-state index in [4.69, 9.17) is 0 Å². The average molecular weight is 252 g/mol. The molecule has 0 aliphatic heterocycles. The molecular weight excluding hydrogens is 236 g/mol. The lowest BCUT2D eigenvalue weighted by molar-refractivity contribution is 0.666. The Bertz CT molecular complexity index is 779. The summed E-state index contributed by atoms with van der Waals surface area (Å²) in [4.78, 5) is 12.4. The molecule has 96 valence electrons. The molecule has 1 heterocycles. The fourth-order valence-corrected chi connectivity index (χ4v) is 2.46. The number of rotatable bonds is 2. The van der Waals surface area contributed by atoms with E-state index in [1.54, 1.807) is 4.68 Å². The lowest BCUT2D eigenvalue weighted by Gasteiger charge is -2.08. The predicted molar refractivity (Wildman–Crippen MR) is 77.9 cm³/mol. The van der Waals surface area contributed by atoms with Gasteiger partial charge in [0.15, 0.2) is 0 Å². The molecule has 0 saturated heterocycles. The van der Waals surface area contributed by atoms with E-state index in [9.17, 15) is 4.79 Å². The van der Waals surface area contributed by atoms with Gasteiger partial charge in [-0.15, -0.1) is 0 Å². The number of aromatic nitrogens is 2. The molecule has 2 aromatic carbocycles. The molecule has 3 heteroatoms. The first-order valence-electron chi connectivity index (χ1n) is 6.48. The largest absolute Gasteiger partial charge is 0.280 e. The van der Waals surface area contributed by atoms with Crippen LogP contribution < -0.4 is 5.56 Å². The van der Waals surface area contributed by atoms with Crippen molar-refractivity contribution in [3.63, 3.8) is 0 Å². The maximum absolute atomic E-state index is 12.4. The quantitative estimate of drug-likeness (QED) is 0.689. The molecule has 0 N–H and O–H groups in total. The van der Waals surface area contributed by atoms with Crippen LogP contribution in [0.15, 0.2) is 53.3 Å². The molecule has 19 heavy (non-hydrogen) atoms. The van der Waals surface area contributed by atoms with Crippen LogP contribution in [-0.2, 0) is 13.5 Å². The van der Waals surface area contributed by atoms with Crippen molar-refractivity contribution in [1.82, 2.24) is 9.36 Å². The maximum atomic E-state index is 12.4. The number of fused-ring (bicyclic) bond motifs is 1. The summed E-state index contributed by atoms with van der Waals surface area (Å²) in [6, 6.07) is 15.8. The van der Waals surface area contributed by atoms with Gasteiger partial charge in [-0.25, -0.2) is 4.68 Å². The molecule has 3 rings (SSSR count). The normalized spacial score (nSPS) is 11.1. The summed E-state index contributed by atoms with van der Waals surface area (Å²) in [5.41, 5.74) is 3.16. The third-order valence-corrected chi connectivity index (χ3v) is 3.56. The second-order valence-electron chi connectivity index (χ2n) is 4.68. The van der Waals surface area contributed by atoms with Crippen LogP contribution in [0, 0.1) is 0 Å². The minimum Gasteiger partial charge on any atom is -0.280 e. The Labute approximate surface area is 111 Å². The number of nitrogens with zero attached hydrogens (tertiary/aromatic N) is 2. The predicted octanol–water partition coefficient (Wildman–Crippen LogP) is 2.89. The number of hydrogen-bond acceptors (Lipinski definition) is 1. The summed E-state index contributed by atoms with van der Waals surface area (Å²) in [5.74, 6) is 0. The molecule has 0 unspecified atom stereocenters. The van der Waals surface area contributed by atoms with E-state index in [1.165, 1.54) is 5.56 Å². The van der Waals surface area contributed by atoms with Crippen LogP contribution in [0.4, 0.5) is 0 Å². The maximum Gasteiger partial charge on any atom is 0.279 e. The highest BCUT2D eigenvalue weighted by Crippen LogP contribution is 2.14. The number of aryl methyl sites for hydroxylation is 2. The second-order valence-corrected chi connectivity index (χ2v) is 4.68. The van der Waals surface area contributed by atoms with Crippen molar-refractivity contribution in [2.75, 3.05) is 0 Å². The summed E-state index contributed by atoms with van der Waals surface area (Å²) in [7, 11) is 1.91. The van der Waals surface area contributed by atoms with E-state index < -0.39 is 0 Å². The van der Waals surface area contributed by atoms with Crippen molar-refractivity contribution in [2.45, 2.75) is 13.3 Å². The van der Waals surface area contributed by atoms with E-state index in [2.05, 4.69) is 19.1 Å². The van der Waals surface area contributed by atoms with Crippen LogP contribution in [0.5, 0.6) is 0 Å². The molecule has 0 aliphatic carbocycles. The number of benzene rings is 2. The van der Waals surface area contributed by atoms with E-state index in [0.717, 1.165) is 23.0 Å². The monoisotopic (exact) mass is 252 g/mol. The molecule has 0 fully saturated rings. The summed E-state index contributed by atoms with van der Waals surface area (Å²) in [6.45, 7) is 2.12. The SMILES string of the molecule is CCc1ccc(-n2c(=O)c3ccccc3n2C)cc1. The molecule has 0 aliphatic rings. The van der Waals surface area contributed by atoms with Gasteiger partial charge in [0, 0.05) is 7.05 Å². The highest BCUT2D eigenvalue weighted by atomic mass is 16.1. The first kappa shape index (κ1) is 11.8. The van der Waals surface area contributed by atoms with Gasteiger partial charge in [-0.2, -0.15) is 0 Å². The van der Waals surface area contributed by atoms with Crippen molar-refractivity contribution in [2.24, 2.45) is 7.05 Å². The van der Waals surface area contributed by atoms with Crippen LogP contribution in [-0.4, -0.2) is 9.36 Å². The van der Waals surface area contributed by atoms with E-state index >= 15 is 0 Å². The number of para-hydroxylation sites is 1. The standard InChI is InChI=1S/C16H16N2O/c1-3-12-8-10-13(11-9-12)18-16(19)14-6-4-5-7-15(14)17(18)2/h4-11H,3H2,1-2H3. The molecule has 0 bridgehead atoms. The molecule has 0 saturated carbocycles. The molecule has 0 spiro atoms. The highest BCUT2D eigenvalue weighted by molar-refractivity contribution is 5.79. The van der Waals surface area contributed by atoms with Crippen LogP contribution in [0.1, 0.15) is 12.5 Å². The van der Waals surface area contributed by atoms with E-state index in [0.29, 0.717) is 0 Å². The Morgan fingerprint density at radius 3 is 2.32 bits per heavy atom. The molecule has 0 atom stereocenters. The smallest absolute Gasteiger partial charge is 0.279 e. The van der Waals surface area contributed by atoms with Gasteiger partial charge in [0.25, 0.3) is 5.56 Å². The Hall–Kier alpha value is -2.29. The van der Waals surface area contributed by atoms with Gasteiger partial charge >= 0.3 is 0 Å². The molecule has 3 aromatic rings. The van der Waals surface area contributed by atoms with Gasteiger partial charge in [-0.1, -0.05) is 31.2 Å². The molecular formula is C16H16N2O. The van der Waals surface area contributed by atoms with Crippen molar-refractivity contribution >= 4 is 10.9 Å². The summed E-state index contributed by atoms with van der Waals surface area (Å²) < 4.78 is 3.61. The van der Waals surface area contributed by atoms with Crippen molar-refractivity contribution in [3.8, 4) is 5.69 Å². The lowest BCUT2D eigenvalue weighted by Crippen LogP contribution is -2.19. The molecule has 0 amide bonds. The van der Waals surface area contributed by atoms with Crippen LogP contribution in [0.3, 0.4) is 0 Å². The Balaban J connectivity index is 2.27. The fraction of sp³-hybridized carbons (Fsp3) is 0.188. The third-order valence-electron chi connectivity index (χ3n) is 3.56. The van der Waals surface area contributed by atoms with E-state index in [1.807, 2.05) is 48.1 Å². The van der Waals surface area contributed by atoms with Crippen molar-refractivity contribution < 1.29 is 0 Å². The Morgan fingerprint density at radius 1 is 1.00 bits per heavy atom. The van der Waals surface area contributed by atoms with Crippen LogP contribution >= 0.6 is 0 Å². The molecule has 3 nitrogen and oxygen atoms in total. The van der Waals surface area contributed by atoms with Crippen molar-refractivity contribution in [3.05, 3.63) is 64.4 Å². The summed E-state index contributed by atoms with van der Waals surface area (Å²) in [5, 5.41) is 0.754. The van der Waals surface area contributed by atoms with Gasteiger partial charge in [-0.05, 0) is 36.2 Å². The van der Waals surface area contributed by atoms with Crippen LogP contribution in [0.25, 0.3) is 16.6 Å². The van der Waals surface area contributed by atoms with E-state index in [-0.39, 0.29) is 5.56 Å². The van der Waals surface area contributed by atoms with Gasteiger partial charge in [0.1, 0.15) is 0 Å². The van der Waals surface area contributed by atoms with Gasteiger partial charge in [0.05, 0.1) is 16.6 Å². The fourth-order valence-electron chi connectivity index (χ4n) is 2.46. The molecule has 1 aromatic heterocycles. The Morgan fingerprint density at radius 2 is 1.68 bits per heavy atom.